The van der Waals surface area contributed by atoms with Gasteiger partial charge in [0.15, 0.2) is 5.13 Å². The van der Waals surface area contributed by atoms with Crippen LogP contribution in [0.25, 0.3) is 0 Å². The van der Waals surface area contributed by atoms with Gasteiger partial charge in [-0.2, -0.15) is 0 Å². The molecule has 7 heteroatoms. The first-order valence-corrected chi connectivity index (χ1v) is 9.15. The highest BCUT2D eigenvalue weighted by Crippen LogP contribution is 2.18. The van der Waals surface area contributed by atoms with E-state index >= 15 is 0 Å². The number of anilines is 1. The molecule has 1 aromatic heterocycles. The SMILES string of the molecule is O=C(Cc1ccc(Br)cc1)Nc1nc(CN2CCOCC2)cs1. The van der Waals surface area contributed by atoms with Crippen LogP contribution in [0.2, 0.25) is 0 Å². The van der Waals surface area contributed by atoms with Gasteiger partial charge in [-0.3, -0.25) is 9.69 Å². The van der Waals surface area contributed by atoms with Crippen LogP contribution < -0.4 is 5.32 Å². The summed E-state index contributed by atoms with van der Waals surface area (Å²) in [6.45, 7) is 4.23. The topological polar surface area (TPSA) is 54.5 Å². The molecule has 0 unspecified atom stereocenters. The van der Waals surface area contributed by atoms with E-state index in [4.69, 9.17) is 4.74 Å². The summed E-state index contributed by atoms with van der Waals surface area (Å²) >= 11 is 4.86. The van der Waals surface area contributed by atoms with Crippen molar-refractivity contribution in [3.63, 3.8) is 0 Å². The lowest BCUT2D eigenvalue weighted by molar-refractivity contribution is -0.115. The Bertz CT molecular complexity index is 654. The molecule has 122 valence electrons. The number of rotatable bonds is 5. The summed E-state index contributed by atoms with van der Waals surface area (Å²) in [5.74, 6) is -0.0420. The number of benzene rings is 1. The third-order valence-corrected chi connectivity index (χ3v) is 4.90. The first-order valence-electron chi connectivity index (χ1n) is 7.48. The van der Waals surface area contributed by atoms with Gasteiger partial charge in [0.2, 0.25) is 5.91 Å². The summed E-state index contributed by atoms with van der Waals surface area (Å²) in [6, 6.07) is 7.75. The average molecular weight is 396 g/mol. The molecule has 1 aromatic carbocycles. The molecular weight excluding hydrogens is 378 g/mol. The number of nitrogens with one attached hydrogen (secondary N) is 1. The van der Waals surface area contributed by atoms with E-state index in [0.717, 1.165) is 48.6 Å². The van der Waals surface area contributed by atoms with Gasteiger partial charge in [-0.05, 0) is 17.7 Å². The Labute approximate surface area is 147 Å². The van der Waals surface area contributed by atoms with Crippen molar-refractivity contribution in [3.05, 3.63) is 45.4 Å². The number of carbonyl (C=O) groups excluding carboxylic acids is 1. The zero-order chi connectivity index (χ0) is 16.1. The molecule has 1 aliphatic rings. The number of halogens is 1. The summed E-state index contributed by atoms with van der Waals surface area (Å²) in [5, 5.41) is 5.54. The molecule has 1 saturated heterocycles. The van der Waals surface area contributed by atoms with Crippen LogP contribution in [0, 0.1) is 0 Å². The molecule has 0 radical (unpaired) electrons. The van der Waals surface area contributed by atoms with Gasteiger partial charge < -0.3 is 10.1 Å². The Morgan fingerprint density at radius 3 is 2.78 bits per heavy atom. The van der Waals surface area contributed by atoms with Gasteiger partial charge >= 0.3 is 0 Å². The first-order chi connectivity index (χ1) is 11.2. The lowest BCUT2D eigenvalue weighted by atomic mass is 10.1. The smallest absolute Gasteiger partial charge is 0.230 e. The Kier molecular flexibility index (Phi) is 5.77. The highest BCUT2D eigenvalue weighted by Gasteiger charge is 2.13. The van der Waals surface area contributed by atoms with Crippen LogP contribution in [0.1, 0.15) is 11.3 Å². The average Bonchev–Trinajstić information content (AvgIpc) is 2.97. The van der Waals surface area contributed by atoms with Crippen LogP contribution in [-0.2, 0) is 22.5 Å². The summed E-state index contributed by atoms with van der Waals surface area (Å²) in [7, 11) is 0. The normalized spacial score (nSPS) is 15.5. The zero-order valence-electron chi connectivity index (χ0n) is 12.6. The van der Waals surface area contributed by atoms with Crippen molar-refractivity contribution in [3.8, 4) is 0 Å². The molecule has 0 spiro atoms. The van der Waals surface area contributed by atoms with Crippen LogP contribution in [0.4, 0.5) is 5.13 Å². The molecule has 1 N–H and O–H groups in total. The fourth-order valence-corrected chi connectivity index (χ4v) is 3.36. The Morgan fingerprint density at radius 1 is 1.30 bits per heavy atom. The number of morpholine rings is 1. The molecule has 1 aliphatic heterocycles. The third kappa shape index (κ3) is 5.10. The number of amides is 1. The van der Waals surface area contributed by atoms with Crippen molar-refractivity contribution < 1.29 is 9.53 Å². The maximum absolute atomic E-state index is 12.1. The van der Waals surface area contributed by atoms with E-state index in [1.54, 1.807) is 0 Å². The van der Waals surface area contributed by atoms with Gasteiger partial charge in [-0.1, -0.05) is 28.1 Å². The number of carbonyl (C=O) groups is 1. The molecule has 0 atom stereocenters. The summed E-state index contributed by atoms with van der Waals surface area (Å²) < 4.78 is 6.35. The van der Waals surface area contributed by atoms with Crippen LogP contribution >= 0.6 is 27.3 Å². The molecule has 0 bridgehead atoms. The maximum atomic E-state index is 12.1. The Balaban J connectivity index is 1.51. The van der Waals surface area contributed by atoms with Crippen molar-refractivity contribution in [2.45, 2.75) is 13.0 Å². The van der Waals surface area contributed by atoms with Crippen molar-refractivity contribution >= 4 is 38.3 Å². The Morgan fingerprint density at radius 2 is 2.04 bits per heavy atom. The molecule has 0 aliphatic carbocycles. The maximum Gasteiger partial charge on any atom is 0.230 e. The second-order valence-electron chi connectivity index (χ2n) is 5.38. The van der Waals surface area contributed by atoms with E-state index in [9.17, 15) is 4.79 Å². The number of hydrogen-bond donors (Lipinski definition) is 1. The predicted octanol–water partition coefficient (Wildman–Crippen LogP) is 2.92. The second-order valence-corrected chi connectivity index (χ2v) is 7.16. The lowest BCUT2D eigenvalue weighted by Crippen LogP contribution is -2.35. The van der Waals surface area contributed by atoms with Gasteiger partial charge in [0, 0.05) is 29.5 Å². The Hall–Kier alpha value is -1.28. The predicted molar refractivity (Wildman–Crippen MR) is 94.7 cm³/mol. The number of nitrogens with zero attached hydrogens (tertiary/aromatic N) is 2. The first kappa shape index (κ1) is 16.6. The van der Waals surface area contributed by atoms with Crippen LogP contribution in [0.3, 0.4) is 0 Å². The molecule has 3 rings (SSSR count). The number of hydrogen-bond acceptors (Lipinski definition) is 5. The summed E-state index contributed by atoms with van der Waals surface area (Å²) in [5.41, 5.74) is 1.98. The number of ether oxygens (including phenoxy) is 1. The van der Waals surface area contributed by atoms with E-state index in [1.807, 2.05) is 29.6 Å². The third-order valence-electron chi connectivity index (χ3n) is 3.57. The molecule has 2 heterocycles. The summed E-state index contributed by atoms with van der Waals surface area (Å²) in [6.07, 6.45) is 0.353. The van der Waals surface area contributed by atoms with Gasteiger partial charge in [0.1, 0.15) is 0 Å². The molecule has 2 aromatic rings. The van der Waals surface area contributed by atoms with Crippen LogP contribution in [0.5, 0.6) is 0 Å². The molecule has 23 heavy (non-hydrogen) atoms. The van der Waals surface area contributed by atoms with Gasteiger partial charge in [-0.15, -0.1) is 11.3 Å². The molecule has 5 nitrogen and oxygen atoms in total. The largest absolute Gasteiger partial charge is 0.379 e. The fourth-order valence-electron chi connectivity index (χ4n) is 2.38. The minimum absolute atomic E-state index is 0.0420. The number of thiazole rings is 1. The highest BCUT2D eigenvalue weighted by atomic mass is 79.9. The van der Waals surface area contributed by atoms with Gasteiger partial charge in [0.25, 0.3) is 0 Å². The molecule has 1 amide bonds. The van der Waals surface area contributed by atoms with Gasteiger partial charge in [-0.25, -0.2) is 4.98 Å². The molecular formula is C16H18BrN3O2S. The van der Waals surface area contributed by atoms with Crippen LogP contribution in [-0.4, -0.2) is 42.1 Å². The van der Waals surface area contributed by atoms with Gasteiger partial charge in [0.05, 0.1) is 25.3 Å². The number of aromatic nitrogens is 1. The van der Waals surface area contributed by atoms with E-state index < -0.39 is 0 Å². The van der Waals surface area contributed by atoms with Crippen molar-refractivity contribution in [1.82, 2.24) is 9.88 Å². The van der Waals surface area contributed by atoms with E-state index in [0.29, 0.717) is 11.6 Å². The van der Waals surface area contributed by atoms with E-state index in [-0.39, 0.29) is 5.91 Å². The van der Waals surface area contributed by atoms with E-state index in [1.165, 1.54) is 11.3 Å². The van der Waals surface area contributed by atoms with E-state index in [2.05, 4.69) is 31.1 Å². The molecule has 1 fully saturated rings. The monoisotopic (exact) mass is 395 g/mol. The fraction of sp³-hybridized carbons (Fsp3) is 0.375. The summed E-state index contributed by atoms with van der Waals surface area (Å²) in [4.78, 5) is 18.9. The second kappa shape index (κ2) is 8.01. The quantitative estimate of drug-likeness (QED) is 0.845. The minimum Gasteiger partial charge on any atom is -0.379 e. The minimum atomic E-state index is -0.0420. The lowest BCUT2D eigenvalue weighted by Gasteiger charge is -2.25. The van der Waals surface area contributed by atoms with Crippen molar-refractivity contribution in [2.75, 3.05) is 31.6 Å². The van der Waals surface area contributed by atoms with Crippen LogP contribution in [0.15, 0.2) is 34.1 Å². The van der Waals surface area contributed by atoms with Crippen molar-refractivity contribution in [1.29, 1.82) is 0 Å². The molecule has 0 saturated carbocycles. The zero-order valence-corrected chi connectivity index (χ0v) is 15.0. The highest BCUT2D eigenvalue weighted by molar-refractivity contribution is 9.10. The standard InChI is InChI=1S/C16H18BrN3O2S/c17-13-3-1-12(2-4-13)9-15(21)19-16-18-14(11-23-16)10-20-5-7-22-8-6-20/h1-4,11H,5-10H2,(H,18,19,21). The van der Waals surface area contributed by atoms with Crippen molar-refractivity contribution in [2.24, 2.45) is 0 Å².